The number of H-pyrrole nitrogens is 1. The smallest absolute Gasteiger partial charge is 0.260 e. The first-order valence-corrected chi connectivity index (χ1v) is 9.56. The molecule has 1 aromatic carbocycles. The fraction of sp³-hybridized carbons (Fsp3) is 0.143. The Hall–Kier alpha value is -3.72. The van der Waals surface area contributed by atoms with Gasteiger partial charge >= 0.3 is 0 Å². The van der Waals surface area contributed by atoms with Gasteiger partial charge in [0.1, 0.15) is 6.61 Å². The number of anilines is 1. The molecule has 0 saturated heterocycles. The molecule has 0 unspecified atom stereocenters. The van der Waals surface area contributed by atoms with Crippen molar-refractivity contribution < 1.29 is 18.7 Å². The van der Waals surface area contributed by atoms with Gasteiger partial charge in [-0.2, -0.15) is 0 Å². The van der Waals surface area contributed by atoms with E-state index in [-0.39, 0.29) is 22.9 Å². The van der Waals surface area contributed by atoms with Crippen LogP contribution in [0.2, 0.25) is 5.02 Å². The van der Waals surface area contributed by atoms with E-state index in [2.05, 4.69) is 25.5 Å². The summed E-state index contributed by atoms with van der Waals surface area (Å²) in [4.78, 5) is 21.1. The first kappa shape index (κ1) is 20.5. The number of methoxy groups -OCH3 is 1. The molecule has 0 aliphatic carbocycles. The molecule has 3 aromatic heterocycles. The third-order valence-electron chi connectivity index (χ3n) is 4.48. The number of nitrogens with zero attached hydrogens (tertiary/aromatic N) is 3. The number of amides is 1. The van der Waals surface area contributed by atoms with E-state index in [9.17, 15) is 4.79 Å². The van der Waals surface area contributed by atoms with Crippen molar-refractivity contribution in [2.24, 2.45) is 0 Å². The van der Waals surface area contributed by atoms with Crippen molar-refractivity contribution in [1.29, 1.82) is 0 Å². The van der Waals surface area contributed by atoms with Gasteiger partial charge in [-0.3, -0.25) is 14.9 Å². The van der Waals surface area contributed by atoms with Crippen molar-refractivity contribution in [3.63, 3.8) is 0 Å². The molecular weight excluding hydrogens is 425 g/mol. The number of aromatic nitrogens is 4. The summed E-state index contributed by atoms with van der Waals surface area (Å²) < 4.78 is 25.7. The molecule has 0 saturated carbocycles. The number of carbonyl (C=O) groups is 1. The van der Waals surface area contributed by atoms with Crippen molar-refractivity contribution in [3.05, 3.63) is 70.4 Å². The highest BCUT2D eigenvalue weighted by Crippen LogP contribution is 2.29. The quantitative estimate of drug-likeness (QED) is 0.462. The van der Waals surface area contributed by atoms with E-state index in [4.69, 9.17) is 21.1 Å². The first-order valence-electron chi connectivity index (χ1n) is 9.18. The Morgan fingerprint density at radius 2 is 2.06 bits per heavy atom. The van der Waals surface area contributed by atoms with Gasteiger partial charge in [0.2, 0.25) is 5.88 Å². The number of hydrogen-bond acceptors (Lipinski definition) is 6. The largest absolute Gasteiger partial charge is 0.486 e. The molecule has 10 heteroatoms. The van der Waals surface area contributed by atoms with E-state index in [1.807, 2.05) is 19.1 Å². The normalized spacial score (nSPS) is 10.8. The summed E-state index contributed by atoms with van der Waals surface area (Å²) in [5.74, 6) is -1.38. The Kier molecular flexibility index (Phi) is 5.68. The number of aryl methyl sites for hydroxylation is 1. The average molecular weight is 442 g/mol. The number of aromatic amines is 1. The second-order valence-electron chi connectivity index (χ2n) is 6.64. The van der Waals surface area contributed by atoms with Crippen molar-refractivity contribution in [2.75, 3.05) is 12.4 Å². The highest BCUT2D eigenvalue weighted by atomic mass is 35.5. The number of nitrogens with one attached hydrogen (secondary N) is 2. The molecule has 3 heterocycles. The SMILES string of the molecule is COc1n[nH]c2ncc(NC(=O)c3c(Cl)ccc(OCc4ccc(C)nc4)c3F)cc12. The van der Waals surface area contributed by atoms with Crippen LogP contribution in [0.25, 0.3) is 11.0 Å². The molecule has 2 N–H and O–H groups in total. The zero-order valence-corrected chi connectivity index (χ0v) is 17.3. The van der Waals surface area contributed by atoms with E-state index in [0.29, 0.717) is 22.6 Å². The van der Waals surface area contributed by atoms with Gasteiger partial charge in [-0.1, -0.05) is 17.7 Å². The Morgan fingerprint density at radius 1 is 1.23 bits per heavy atom. The fourth-order valence-electron chi connectivity index (χ4n) is 2.90. The number of carbonyl (C=O) groups excluding carboxylic acids is 1. The van der Waals surface area contributed by atoms with Gasteiger partial charge in [-0.05, 0) is 31.2 Å². The molecule has 0 aliphatic heterocycles. The predicted molar refractivity (Wildman–Crippen MR) is 113 cm³/mol. The maximum absolute atomic E-state index is 15.0. The summed E-state index contributed by atoms with van der Waals surface area (Å²) >= 11 is 6.11. The molecular formula is C21H17ClFN5O3. The molecule has 0 bridgehead atoms. The number of ether oxygens (including phenoxy) is 2. The molecule has 0 fully saturated rings. The Morgan fingerprint density at radius 3 is 2.81 bits per heavy atom. The molecule has 31 heavy (non-hydrogen) atoms. The van der Waals surface area contributed by atoms with Crippen molar-refractivity contribution in [1.82, 2.24) is 20.2 Å². The number of benzene rings is 1. The number of hydrogen-bond donors (Lipinski definition) is 2. The summed E-state index contributed by atoms with van der Waals surface area (Å²) in [5, 5.41) is 9.77. The predicted octanol–water partition coefficient (Wildman–Crippen LogP) is 4.29. The maximum atomic E-state index is 15.0. The average Bonchev–Trinajstić information content (AvgIpc) is 3.17. The van der Waals surface area contributed by atoms with Crippen LogP contribution in [0.5, 0.6) is 11.6 Å². The van der Waals surface area contributed by atoms with E-state index >= 15 is 4.39 Å². The zero-order valence-electron chi connectivity index (χ0n) is 16.6. The lowest BCUT2D eigenvalue weighted by Crippen LogP contribution is -2.15. The van der Waals surface area contributed by atoms with Crippen molar-refractivity contribution in [2.45, 2.75) is 13.5 Å². The van der Waals surface area contributed by atoms with Gasteiger partial charge in [0, 0.05) is 17.5 Å². The fourth-order valence-corrected chi connectivity index (χ4v) is 3.13. The lowest BCUT2D eigenvalue weighted by molar-refractivity contribution is 0.102. The third-order valence-corrected chi connectivity index (χ3v) is 4.80. The molecule has 4 aromatic rings. The lowest BCUT2D eigenvalue weighted by atomic mass is 10.1. The second-order valence-corrected chi connectivity index (χ2v) is 7.05. The van der Waals surface area contributed by atoms with Crippen molar-refractivity contribution in [3.8, 4) is 11.6 Å². The number of halogens is 2. The number of fused-ring (bicyclic) bond motifs is 1. The Labute approximate surface area is 181 Å². The third kappa shape index (κ3) is 4.26. The van der Waals surface area contributed by atoms with Gasteiger partial charge < -0.3 is 14.8 Å². The van der Waals surface area contributed by atoms with Crippen molar-refractivity contribution >= 4 is 34.2 Å². The van der Waals surface area contributed by atoms with E-state index < -0.39 is 11.7 Å². The van der Waals surface area contributed by atoms with Crippen LogP contribution in [0, 0.1) is 12.7 Å². The van der Waals surface area contributed by atoms with Crippen LogP contribution in [-0.4, -0.2) is 33.2 Å². The molecule has 0 spiro atoms. The first-order chi connectivity index (χ1) is 15.0. The number of rotatable bonds is 6. The molecule has 4 rings (SSSR count). The van der Waals surface area contributed by atoms with Gasteiger partial charge in [0.15, 0.2) is 17.2 Å². The Balaban J connectivity index is 1.56. The van der Waals surface area contributed by atoms with Crippen LogP contribution >= 0.6 is 11.6 Å². The second kappa shape index (κ2) is 8.57. The summed E-state index contributed by atoms with van der Waals surface area (Å²) in [7, 11) is 1.47. The maximum Gasteiger partial charge on any atom is 0.260 e. The van der Waals surface area contributed by atoms with Gasteiger partial charge in [-0.25, -0.2) is 9.37 Å². The zero-order chi connectivity index (χ0) is 22.0. The van der Waals surface area contributed by atoms with Crippen LogP contribution < -0.4 is 14.8 Å². The summed E-state index contributed by atoms with van der Waals surface area (Å²) in [6, 6.07) is 8.05. The van der Waals surface area contributed by atoms with E-state index in [1.165, 1.54) is 25.4 Å². The molecule has 0 atom stereocenters. The topological polar surface area (TPSA) is 102 Å². The lowest BCUT2D eigenvalue weighted by Gasteiger charge is -2.12. The van der Waals surface area contributed by atoms with E-state index in [1.54, 1.807) is 12.3 Å². The van der Waals surface area contributed by atoms with Crippen LogP contribution in [0.15, 0.2) is 42.7 Å². The molecule has 158 valence electrons. The standard InChI is InChI=1S/C21H17ClFN5O3/c1-11-3-4-12(8-24-11)10-31-16-6-5-15(22)17(18(16)23)20(29)26-13-7-14-19(25-9-13)27-28-21(14)30-2/h3-9H,10H2,1-2H3,(H,26,29)(H,25,27,28). The van der Waals surface area contributed by atoms with Crippen LogP contribution in [0.1, 0.15) is 21.6 Å². The van der Waals surface area contributed by atoms with Crippen LogP contribution in [0.4, 0.5) is 10.1 Å². The number of pyridine rings is 2. The summed E-state index contributed by atoms with van der Waals surface area (Å²) in [5.41, 5.74) is 2.10. The Bertz CT molecular complexity index is 1260. The molecule has 0 radical (unpaired) electrons. The molecule has 0 aliphatic rings. The van der Waals surface area contributed by atoms with Gasteiger partial charge in [0.05, 0.1) is 35.0 Å². The minimum Gasteiger partial charge on any atom is -0.486 e. The summed E-state index contributed by atoms with van der Waals surface area (Å²) in [6.07, 6.45) is 3.05. The summed E-state index contributed by atoms with van der Waals surface area (Å²) in [6.45, 7) is 1.96. The molecule has 1 amide bonds. The monoisotopic (exact) mass is 441 g/mol. The molecule has 8 nitrogen and oxygen atoms in total. The van der Waals surface area contributed by atoms with Gasteiger partial charge in [-0.15, -0.1) is 5.10 Å². The van der Waals surface area contributed by atoms with Gasteiger partial charge in [0.25, 0.3) is 5.91 Å². The highest BCUT2D eigenvalue weighted by Gasteiger charge is 2.21. The minimum absolute atomic E-state index is 0.0470. The minimum atomic E-state index is -0.861. The van der Waals surface area contributed by atoms with Crippen LogP contribution in [-0.2, 0) is 6.61 Å². The van der Waals surface area contributed by atoms with Crippen LogP contribution in [0.3, 0.4) is 0 Å². The highest BCUT2D eigenvalue weighted by molar-refractivity contribution is 6.34. The van der Waals surface area contributed by atoms with E-state index in [0.717, 1.165) is 11.3 Å².